The first-order valence-electron chi connectivity index (χ1n) is 3.94. The summed E-state index contributed by atoms with van der Waals surface area (Å²) in [5, 5.41) is 1.10. The quantitative estimate of drug-likeness (QED) is 0.748. The van der Waals surface area contributed by atoms with E-state index < -0.39 is 0 Å². The second-order valence-electron chi connectivity index (χ2n) is 2.72. The van der Waals surface area contributed by atoms with Gasteiger partial charge >= 0.3 is 0 Å². The molecule has 0 spiro atoms. The molecule has 0 saturated heterocycles. The lowest BCUT2D eigenvalue weighted by molar-refractivity contribution is 1.10. The smallest absolute Gasteiger partial charge is 0.268 e. The van der Waals surface area contributed by atoms with Crippen molar-refractivity contribution in [3.8, 4) is 0 Å². The van der Waals surface area contributed by atoms with Gasteiger partial charge in [0.05, 0.1) is 10.9 Å². The van der Waals surface area contributed by atoms with Crippen molar-refractivity contribution in [3.63, 3.8) is 0 Å². The first-order valence-corrected chi connectivity index (χ1v) is 5.50. The maximum Gasteiger partial charge on any atom is 0.271 e. The third-order valence-corrected chi connectivity index (χ3v) is 2.78. The van der Waals surface area contributed by atoms with E-state index in [1.165, 1.54) is 22.2 Å². The van der Waals surface area contributed by atoms with Crippen LogP contribution in [0.1, 0.15) is 0 Å². The molecule has 5 heteroatoms. The molecule has 0 aliphatic rings. The van der Waals surface area contributed by atoms with Gasteiger partial charge in [-0.2, -0.15) is 0 Å². The number of benzene rings is 1. The first-order chi connectivity index (χ1) is 6.72. The lowest BCUT2D eigenvalue weighted by atomic mass is 10.2. The summed E-state index contributed by atoms with van der Waals surface area (Å²) in [6, 6.07) is 5.10. The van der Waals surface area contributed by atoms with Crippen molar-refractivity contribution in [3.05, 3.63) is 39.9 Å². The summed E-state index contributed by atoms with van der Waals surface area (Å²) in [4.78, 5) is 15.9. The Labute approximate surface area is 89.9 Å². The van der Waals surface area contributed by atoms with E-state index in [1.54, 1.807) is 18.2 Å². The summed E-state index contributed by atoms with van der Waals surface area (Å²) in [6.07, 6.45) is 3.34. The Balaban J connectivity index is 2.87. The second kappa shape index (κ2) is 3.63. The maximum atomic E-state index is 11.8. The van der Waals surface area contributed by atoms with E-state index in [4.69, 9.17) is 11.6 Å². The number of nitrogens with zero attached hydrogens (tertiary/aromatic N) is 2. The van der Waals surface area contributed by atoms with Crippen LogP contribution < -0.4 is 5.56 Å². The van der Waals surface area contributed by atoms with Crippen molar-refractivity contribution >= 4 is 34.5 Å². The van der Waals surface area contributed by atoms with Crippen LogP contribution in [0.3, 0.4) is 0 Å². The predicted octanol–water partition coefficient (Wildman–Crippen LogP) is 2.18. The zero-order valence-electron chi connectivity index (χ0n) is 7.40. The molecular formula is C9H7ClN2OS. The maximum absolute atomic E-state index is 11.8. The molecule has 1 heterocycles. The summed E-state index contributed by atoms with van der Waals surface area (Å²) >= 11 is 7.12. The van der Waals surface area contributed by atoms with Crippen LogP contribution in [0.15, 0.2) is 29.3 Å². The molecule has 2 aromatic rings. The van der Waals surface area contributed by atoms with E-state index in [-0.39, 0.29) is 5.56 Å². The number of hydrogen-bond donors (Lipinski definition) is 0. The molecule has 0 fully saturated rings. The Hall–Kier alpha value is -1.00. The van der Waals surface area contributed by atoms with Gasteiger partial charge in [-0.1, -0.05) is 11.6 Å². The van der Waals surface area contributed by atoms with E-state index in [2.05, 4.69) is 4.98 Å². The molecule has 0 aliphatic carbocycles. The van der Waals surface area contributed by atoms with Gasteiger partial charge < -0.3 is 0 Å². The number of halogens is 1. The number of fused-ring (bicyclic) bond motifs is 1. The highest BCUT2D eigenvalue weighted by Gasteiger charge is 2.03. The molecule has 72 valence electrons. The molecule has 0 aliphatic heterocycles. The standard InChI is InChI=1S/C9H7ClN2OS/c1-14-12-5-11-8-3-2-6(10)4-7(8)9(12)13/h2-5H,1H3. The van der Waals surface area contributed by atoms with E-state index in [0.29, 0.717) is 15.9 Å². The van der Waals surface area contributed by atoms with Gasteiger partial charge in [0.1, 0.15) is 6.33 Å². The van der Waals surface area contributed by atoms with Crippen molar-refractivity contribution in [1.29, 1.82) is 0 Å². The van der Waals surface area contributed by atoms with Crippen LogP contribution in [0.4, 0.5) is 0 Å². The van der Waals surface area contributed by atoms with E-state index in [9.17, 15) is 4.79 Å². The highest BCUT2D eigenvalue weighted by Crippen LogP contribution is 2.14. The SMILES string of the molecule is CSn1cnc2ccc(Cl)cc2c1=O. The van der Waals surface area contributed by atoms with Gasteiger partial charge in [0.15, 0.2) is 0 Å². The predicted molar refractivity (Wildman–Crippen MR) is 59.9 cm³/mol. The monoisotopic (exact) mass is 226 g/mol. The lowest BCUT2D eigenvalue weighted by Gasteiger charge is -2.01. The molecule has 2 rings (SSSR count). The minimum absolute atomic E-state index is 0.0787. The van der Waals surface area contributed by atoms with Gasteiger partial charge in [0, 0.05) is 11.3 Å². The van der Waals surface area contributed by atoms with Gasteiger partial charge in [0.2, 0.25) is 0 Å². The Morgan fingerprint density at radius 1 is 1.50 bits per heavy atom. The molecule has 14 heavy (non-hydrogen) atoms. The number of rotatable bonds is 1. The van der Waals surface area contributed by atoms with E-state index in [1.807, 2.05) is 6.26 Å². The molecule has 1 aromatic carbocycles. The molecule has 0 atom stereocenters. The molecule has 1 aromatic heterocycles. The van der Waals surface area contributed by atoms with Crippen LogP contribution in [0, 0.1) is 0 Å². The Kier molecular flexibility index (Phi) is 2.48. The van der Waals surface area contributed by atoms with E-state index in [0.717, 1.165) is 0 Å². The average molecular weight is 227 g/mol. The van der Waals surface area contributed by atoms with Crippen LogP contribution in [-0.4, -0.2) is 15.2 Å². The minimum Gasteiger partial charge on any atom is -0.268 e. The van der Waals surface area contributed by atoms with Gasteiger partial charge in [-0.15, -0.1) is 0 Å². The van der Waals surface area contributed by atoms with Gasteiger partial charge in [-0.3, -0.25) is 4.79 Å². The van der Waals surface area contributed by atoms with Crippen LogP contribution in [0.25, 0.3) is 10.9 Å². The zero-order chi connectivity index (χ0) is 10.1. The van der Waals surface area contributed by atoms with E-state index >= 15 is 0 Å². The van der Waals surface area contributed by atoms with Crippen molar-refractivity contribution in [2.45, 2.75) is 0 Å². The van der Waals surface area contributed by atoms with Crippen molar-refractivity contribution in [2.75, 3.05) is 6.26 Å². The van der Waals surface area contributed by atoms with Crippen molar-refractivity contribution < 1.29 is 0 Å². The lowest BCUT2D eigenvalue weighted by Crippen LogP contribution is -2.15. The van der Waals surface area contributed by atoms with Crippen LogP contribution >= 0.6 is 23.5 Å². The Morgan fingerprint density at radius 2 is 2.29 bits per heavy atom. The fourth-order valence-corrected chi connectivity index (χ4v) is 1.79. The molecule has 0 amide bonds. The Bertz CT molecular complexity index is 538. The third-order valence-electron chi connectivity index (χ3n) is 1.89. The van der Waals surface area contributed by atoms with Gasteiger partial charge in [-0.05, 0) is 30.1 Å². The summed E-state index contributed by atoms with van der Waals surface area (Å²) in [6.45, 7) is 0. The van der Waals surface area contributed by atoms with Crippen LogP contribution in [0.2, 0.25) is 5.02 Å². The molecule has 0 saturated carbocycles. The van der Waals surface area contributed by atoms with Crippen LogP contribution in [0.5, 0.6) is 0 Å². The molecule has 0 bridgehead atoms. The summed E-state index contributed by atoms with van der Waals surface area (Å²) < 4.78 is 1.47. The number of aromatic nitrogens is 2. The minimum atomic E-state index is -0.0787. The third kappa shape index (κ3) is 1.51. The molecule has 3 nitrogen and oxygen atoms in total. The normalized spacial score (nSPS) is 10.7. The molecule has 0 unspecified atom stereocenters. The summed E-state index contributed by atoms with van der Waals surface area (Å²) in [5.74, 6) is 0. The summed E-state index contributed by atoms with van der Waals surface area (Å²) in [7, 11) is 0. The van der Waals surface area contributed by atoms with Crippen molar-refractivity contribution in [1.82, 2.24) is 8.96 Å². The molecular weight excluding hydrogens is 220 g/mol. The molecule has 0 radical (unpaired) electrons. The Morgan fingerprint density at radius 3 is 3.00 bits per heavy atom. The van der Waals surface area contributed by atoms with Crippen LogP contribution in [-0.2, 0) is 0 Å². The van der Waals surface area contributed by atoms with Crippen molar-refractivity contribution in [2.24, 2.45) is 0 Å². The highest BCUT2D eigenvalue weighted by atomic mass is 35.5. The largest absolute Gasteiger partial charge is 0.271 e. The first kappa shape index (κ1) is 9.55. The fourth-order valence-electron chi connectivity index (χ4n) is 1.21. The molecule has 0 N–H and O–H groups in total. The van der Waals surface area contributed by atoms with Gasteiger partial charge in [-0.25, -0.2) is 8.96 Å². The fraction of sp³-hybridized carbons (Fsp3) is 0.111. The zero-order valence-corrected chi connectivity index (χ0v) is 8.97. The average Bonchev–Trinajstić information content (AvgIpc) is 2.20. The number of hydrogen-bond acceptors (Lipinski definition) is 3. The van der Waals surface area contributed by atoms with Gasteiger partial charge in [0.25, 0.3) is 5.56 Å². The topological polar surface area (TPSA) is 34.9 Å². The summed E-state index contributed by atoms with van der Waals surface area (Å²) in [5.41, 5.74) is 0.592. The highest BCUT2D eigenvalue weighted by molar-refractivity contribution is 7.97. The second-order valence-corrected chi connectivity index (χ2v) is 3.91.